The van der Waals surface area contributed by atoms with Crippen molar-refractivity contribution in [2.45, 2.75) is 38.2 Å². The molecular formula is C8H14O. The van der Waals surface area contributed by atoms with Gasteiger partial charge in [-0.05, 0) is 37.5 Å². The summed E-state index contributed by atoms with van der Waals surface area (Å²) in [7, 11) is 0. The maximum absolute atomic E-state index is 9.51. The number of aliphatic hydroxyl groups excluding tert-OH is 1. The molecule has 0 heterocycles. The lowest BCUT2D eigenvalue weighted by atomic mass is 9.79. The predicted molar refractivity (Wildman–Crippen MR) is 36.1 cm³/mol. The van der Waals surface area contributed by atoms with Crippen LogP contribution in [0.4, 0.5) is 0 Å². The smallest absolute Gasteiger partial charge is 0.0596 e. The van der Waals surface area contributed by atoms with Crippen LogP contribution in [0.2, 0.25) is 0 Å². The molecule has 52 valence electrons. The molecule has 0 amide bonds. The third kappa shape index (κ3) is 0.983. The topological polar surface area (TPSA) is 20.2 Å². The summed E-state index contributed by atoms with van der Waals surface area (Å²) >= 11 is 0. The second kappa shape index (κ2) is 1.98. The molecule has 0 aromatic rings. The van der Waals surface area contributed by atoms with E-state index in [4.69, 9.17) is 0 Å². The van der Waals surface area contributed by atoms with Crippen molar-refractivity contribution in [2.24, 2.45) is 11.8 Å². The van der Waals surface area contributed by atoms with Crippen molar-refractivity contribution >= 4 is 0 Å². The van der Waals surface area contributed by atoms with E-state index in [-0.39, 0.29) is 6.10 Å². The number of aliphatic hydroxyl groups is 1. The van der Waals surface area contributed by atoms with Crippen LogP contribution in [0.3, 0.4) is 0 Å². The van der Waals surface area contributed by atoms with E-state index in [1.54, 1.807) is 0 Å². The van der Waals surface area contributed by atoms with Gasteiger partial charge >= 0.3 is 0 Å². The van der Waals surface area contributed by atoms with Gasteiger partial charge in [0, 0.05) is 0 Å². The van der Waals surface area contributed by atoms with Crippen LogP contribution >= 0.6 is 0 Å². The molecule has 1 N–H and O–H groups in total. The first kappa shape index (κ1) is 5.72. The van der Waals surface area contributed by atoms with E-state index in [0.29, 0.717) is 11.8 Å². The van der Waals surface area contributed by atoms with Crippen molar-refractivity contribution in [3.63, 3.8) is 0 Å². The van der Waals surface area contributed by atoms with Crippen molar-refractivity contribution < 1.29 is 5.11 Å². The van der Waals surface area contributed by atoms with Gasteiger partial charge in [0.2, 0.25) is 0 Å². The van der Waals surface area contributed by atoms with Crippen LogP contribution in [-0.2, 0) is 0 Å². The van der Waals surface area contributed by atoms with Gasteiger partial charge in [-0.2, -0.15) is 0 Å². The fourth-order valence-corrected chi connectivity index (χ4v) is 1.60. The second-order valence-corrected chi connectivity index (χ2v) is 3.52. The summed E-state index contributed by atoms with van der Waals surface area (Å²) in [4.78, 5) is 0. The molecule has 1 heteroatoms. The average Bonchev–Trinajstić information content (AvgIpc) is 2.37. The fraction of sp³-hybridized carbons (Fsp3) is 1.00. The predicted octanol–water partition coefficient (Wildman–Crippen LogP) is 1.56. The molecule has 9 heavy (non-hydrogen) atoms. The van der Waals surface area contributed by atoms with Crippen LogP contribution in [0.25, 0.3) is 0 Å². The zero-order chi connectivity index (χ0) is 6.27. The lowest BCUT2D eigenvalue weighted by Crippen LogP contribution is -2.28. The van der Waals surface area contributed by atoms with Gasteiger partial charge in [-0.1, -0.05) is 6.42 Å². The highest BCUT2D eigenvalue weighted by molar-refractivity contribution is 4.88. The maximum Gasteiger partial charge on any atom is 0.0596 e. The molecule has 1 nitrogen and oxygen atoms in total. The highest BCUT2D eigenvalue weighted by Crippen LogP contribution is 2.41. The Morgan fingerprint density at radius 2 is 1.56 bits per heavy atom. The Kier molecular flexibility index (Phi) is 1.26. The first-order chi connectivity index (χ1) is 4.38. The summed E-state index contributed by atoms with van der Waals surface area (Å²) in [5, 5.41) is 9.51. The van der Waals surface area contributed by atoms with E-state index in [1.165, 1.54) is 32.1 Å². The summed E-state index contributed by atoms with van der Waals surface area (Å²) in [6.07, 6.45) is 6.60. The summed E-state index contributed by atoms with van der Waals surface area (Å²) in [6, 6.07) is 0. The Morgan fingerprint density at radius 1 is 1.00 bits per heavy atom. The van der Waals surface area contributed by atoms with Gasteiger partial charge in [-0.3, -0.25) is 0 Å². The zero-order valence-electron chi connectivity index (χ0n) is 5.71. The molecule has 2 rings (SSSR count). The molecule has 2 fully saturated rings. The molecule has 0 unspecified atom stereocenters. The van der Waals surface area contributed by atoms with Gasteiger partial charge in [-0.25, -0.2) is 0 Å². The van der Waals surface area contributed by atoms with E-state index in [0.717, 1.165) is 0 Å². The molecule has 0 aliphatic heterocycles. The van der Waals surface area contributed by atoms with Crippen LogP contribution in [0, 0.1) is 11.8 Å². The lowest BCUT2D eigenvalue weighted by molar-refractivity contribution is 0.0451. The second-order valence-electron chi connectivity index (χ2n) is 3.52. The van der Waals surface area contributed by atoms with Gasteiger partial charge in [-0.15, -0.1) is 0 Å². The molecule has 0 bridgehead atoms. The summed E-state index contributed by atoms with van der Waals surface area (Å²) < 4.78 is 0. The van der Waals surface area contributed by atoms with Gasteiger partial charge in [0.25, 0.3) is 0 Å². The van der Waals surface area contributed by atoms with E-state index < -0.39 is 0 Å². The molecule has 0 aromatic heterocycles. The number of hydrogen-bond acceptors (Lipinski definition) is 1. The monoisotopic (exact) mass is 126 g/mol. The molecule has 2 aliphatic rings. The van der Waals surface area contributed by atoms with Crippen LogP contribution < -0.4 is 0 Å². The minimum atomic E-state index is 0.0822. The van der Waals surface area contributed by atoms with Crippen molar-refractivity contribution in [3.05, 3.63) is 0 Å². The van der Waals surface area contributed by atoms with Gasteiger partial charge in [0.1, 0.15) is 0 Å². The van der Waals surface area contributed by atoms with E-state index in [2.05, 4.69) is 0 Å². The van der Waals surface area contributed by atoms with Gasteiger partial charge in [0.15, 0.2) is 0 Å². The van der Waals surface area contributed by atoms with Gasteiger partial charge < -0.3 is 5.11 Å². The maximum atomic E-state index is 9.51. The van der Waals surface area contributed by atoms with Crippen LogP contribution in [0.5, 0.6) is 0 Å². The molecule has 2 aliphatic carbocycles. The van der Waals surface area contributed by atoms with Gasteiger partial charge in [0.05, 0.1) is 6.10 Å². The quantitative estimate of drug-likeness (QED) is 0.595. The average molecular weight is 126 g/mol. The Bertz CT molecular complexity index is 103. The minimum Gasteiger partial charge on any atom is -0.393 e. The molecular weight excluding hydrogens is 112 g/mol. The van der Waals surface area contributed by atoms with Crippen LogP contribution in [0.15, 0.2) is 0 Å². The third-order valence-electron chi connectivity index (χ3n) is 2.74. The molecule has 1 atom stereocenters. The van der Waals surface area contributed by atoms with Crippen molar-refractivity contribution in [3.8, 4) is 0 Å². The lowest BCUT2D eigenvalue weighted by Gasteiger charge is -2.30. The van der Waals surface area contributed by atoms with E-state index in [1.807, 2.05) is 0 Å². The normalized spacial score (nSPS) is 31.7. The molecule has 0 aromatic carbocycles. The molecule has 0 saturated heterocycles. The molecule has 0 spiro atoms. The Hall–Kier alpha value is -0.0400. The van der Waals surface area contributed by atoms with E-state index >= 15 is 0 Å². The summed E-state index contributed by atoms with van der Waals surface area (Å²) in [6.45, 7) is 0. The van der Waals surface area contributed by atoms with E-state index in [9.17, 15) is 5.11 Å². The third-order valence-corrected chi connectivity index (χ3v) is 2.74. The molecule has 2 saturated carbocycles. The van der Waals surface area contributed by atoms with Crippen LogP contribution in [-0.4, -0.2) is 11.2 Å². The first-order valence-electron chi connectivity index (χ1n) is 4.06. The molecule has 0 radical (unpaired) electrons. The SMILES string of the molecule is O[C@@H](C1CCC1)C1CC1. The Balaban J connectivity index is 1.81. The minimum absolute atomic E-state index is 0.0822. The largest absolute Gasteiger partial charge is 0.393 e. The standard InChI is InChI=1S/C8H14O/c9-8(7-4-5-7)6-2-1-3-6/h6-9H,1-5H2/t8-/m0/s1. The van der Waals surface area contributed by atoms with Crippen LogP contribution in [0.1, 0.15) is 32.1 Å². The zero-order valence-corrected chi connectivity index (χ0v) is 5.71. The highest BCUT2D eigenvalue weighted by Gasteiger charge is 2.37. The first-order valence-corrected chi connectivity index (χ1v) is 4.06. The Labute approximate surface area is 56.1 Å². The Morgan fingerprint density at radius 3 is 1.89 bits per heavy atom. The fourth-order valence-electron chi connectivity index (χ4n) is 1.60. The number of hydrogen-bond donors (Lipinski definition) is 1. The summed E-state index contributed by atoms with van der Waals surface area (Å²) in [5.41, 5.74) is 0. The summed E-state index contributed by atoms with van der Waals surface area (Å²) in [5.74, 6) is 1.40. The number of rotatable bonds is 2. The van der Waals surface area contributed by atoms with Crippen molar-refractivity contribution in [1.82, 2.24) is 0 Å². The highest BCUT2D eigenvalue weighted by atomic mass is 16.3. The van der Waals surface area contributed by atoms with Crippen molar-refractivity contribution in [1.29, 1.82) is 0 Å². The van der Waals surface area contributed by atoms with Crippen molar-refractivity contribution in [2.75, 3.05) is 0 Å².